The van der Waals surface area contributed by atoms with Crippen LogP contribution in [-0.4, -0.2) is 30.5 Å². The number of aromatic nitrogens is 5. The summed E-state index contributed by atoms with van der Waals surface area (Å²) in [5.41, 5.74) is 3.46. The molecule has 0 fully saturated rings. The van der Waals surface area contributed by atoms with Crippen molar-refractivity contribution in [1.29, 1.82) is 0 Å². The Kier molecular flexibility index (Phi) is 4.71. The SMILES string of the molecule is Cc1ccc(C(=O)C(Sc2nc(C)cc(C)n2)n2cncn2)cc1. The minimum Gasteiger partial charge on any atom is -0.291 e. The summed E-state index contributed by atoms with van der Waals surface area (Å²) in [6.07, 6.45) is 2.95. The number of aryl methyl sites for hydroxylation is 3. The van der Waals surface area contributed by atoms with Gasteiger partial charge in [-0.25, -0.2) is 19.6 Å². The van der Waals surface area contributed by atoms with Crippen molar-refractivity contribution in [3.05, 3.63) is 65.5 Å². The van der Waals surface area contributed by atoms with Crippen LogP contribution in [-0.2, 0) is 0 Å². The van der Waals surface area contributed by atoms with Crippen LogP contribution in [0, 0.1) is 20.8 Å². The van der Waals surface area contributed by atoms with Gasteiger partial charge in [0.2, 0.25) is 0 Å². The molecule has 0 N–H and O–H groups in total. The summed E-state index contributed by atoms with van der Waals surface area (Å²) in [4.78, 5) is 25.7. The van der Waals surface area contributed by atoms with Gasteiger partial charge >= 0.3 is 0 Å². The molecule has 0 saturated carbocycles. The molecule has 6 nitrogen and oxygen atoms in total. The van der Waals surface area contributed by atoms with Gasteiger partial charge in [-0.3, -0.25) is 4.79 Å². The maximum Gasteiger partial charge on any atom is 0.198 e. The molecule has 0 aliphatic carbocycles. The molecule has 0 bridgehead atoms. The molecule has 1 aromatic carbocycles. The van der Waals surface area contributed by atoms with Gasteiger partial charge in [0.05, 0.1) is 0 Å². The standard InChI is InChI=1S/C17H17N5OS/c1-11-4-6-14(7-5-11)15(23)16(22-10-18-9-19-22)24-17-20-12(2)8-13(3)21-17/h4-10,16H,1-3H3. The van der Waals surface area contributed by atoms with Crippen molar-refractivity contribution in [3.63, 3.8) is 0 Å². The Morgan fingerprint density at radius 2 is 1.75 bits per heavy atom. The van der Waals surface area contributed by atoms with Gasteiger partial charge in [0.15, 0.2) is 16.3 Å². The predicted octanol–water partition coefficient (Wildman–Crippen LogP) is 3.17. The molecule has 122 valence electrons. The monoisotopic (exact) mass is 339 g/mol. The van der Waals surface area contributed by atoms with Gasteiger partial charge < -0.3 is 0 Å². The molecule has 0 aliphatic rings. The lowest BCUT2D eigenvalue weighted by Crippen LogP contribution is -2.18. The highest BCUT2D eigenvalue weighted by molar-refractivity contribution is 7.99. The first-order valence-electron chi connectivity index (χ1n) is 7.47. The maximum atomic E-state index is 13.0. The summed E-state index contributed by atoms with van der Waals surface area (Å²) in [7, 11) is 0. The number of hydrogen-bond donors (Lipinski definition) is 0. The van der Waals surface area contributed by atoms with Gasteiger partial charge in [-0.05, 0) is 26.8 Å². The second-order valence-electron chi connectivity index (χ2n) is 5.51. The van der Waals surface area contributed by atoms with E-state index in [0.717, 1.165) is 17.0 Å². The van der Waals surface area contributed by atoms with Crippen LogP contribution in [0.4, 0.5) is 0 Å². The summed E-state index contributed by atoms with van der Waals surface area (Å²) in [5.74, 6) is -0.0618. The minimum atomic E-state index is -0.601. The van der Waals surface area contributed by atoms with Crippen molar-refractivity contribution in [2.45, 2.75) is 31.3 Å². The van der Waals surface area contributed by atoms with Crippen LogP contribution in [0.2, 0.25) is 0 Å². The third-order valence-electron chi connectivity index (χ3n) is 3.42. The minimum absolute atomic E-state index is 0.0618. The van der Waals surface area contributed by atoms with Crippen LogP contribution >= 0.6 is 11.8 Å². The molecule has 1 unspecified atom stereocenters. The Bertz CT molecular complexity index is 826. The van der Waals surface area contributed by atoms with Crippen LogP contribution in [0.1, 0.15) is 32.7 Å². The number of carbonyl (C=O) groups excluding carboxylic acids is 1. The lowest BCUT2D eigenvalue weighted by Gasteiger charge is -2.15. The van der Waals surface area contributed by atoms with Crippen LogP contribution < -0.4 is 0 Å². The highest BCUT2D eigenvalue weighted by atomic mass is 32.2. The molecule has 2 aromatic heterocycles. The second kappa shape index (κ2) is 6.92. The lowest BCUT2D eigenvalue weighted by molar-refractivity contribution is 0.0962. The first-order chi connectivity index (χ1) is 11.5. The maximum absolute atomic E-state index is 13.0. The number of hydrogen-bond acceptors (Lipinski definition) is 6. The summed E-state index contributed by atoms with van der Waals surface area (Å²) >= 11 is 1.27. The van der Waals surface area contributed by atoms with E-state index in [1.54, 1.807) is 0 Å². The van der Waals surface area contributed by atoms with Crippen LogP contribution in [0.25, 0.3) is 0 Å². The van der Waals surface area contributed by atoms with Crippen LogP contribution in [0.15, 0.2) is 48.1 Å². The zero-order valence-electron chi connectivity index (χ0n) is 13.7. The highest BCUT2D eigenvalue weighted by Gasteiger charge is 2.25. The van der Waals surface area contributed by atoms with Gasteiger partial charge in [0.1, 0.15) is 12.7 Å². The Morgan fingerprint density at radius 3 is 2.33 bits per heavy atom. The van der Waals surface area contributed by atoms with E-state index in [9.17, 15) is 4.79 Å². The van der Waals surface area contributed by atoms with Gasteiger partial charge in [-0.1, -0.05) is 41.6 Å². The van der Waals surface area contributed by atoms with Gasteiger partial charge in [0.25, 0.3) is 0 Å². The fourth-order valence-corrected chi connectivity index (χ4v) is 3.33. The molecule has 0 spiro atoms. The Balaban J connectivity index is 1.95. The second-order valence-corrected chi connectivity index (χ2v) is 6.56. The van der Waals surface area contributed by atoms with E-state index in [1.165, 1.54) is 29.1 Å². The zero-order chi connectivity index (χ0) is 17.1. The fraction of sp³-hybridized carbons (Fsp3) is 0.235. The molecule has 1 atom stereocenters. The first-order valence-corrected chi connectivity index (χ1v) is 8.35. The molecular formula is C17H17N5OS. The third-order valence-corrected chi connectivity index (χ3v) is 4.46. The number of thioether (sulfide) groups is 1. The van der Waals surface area contributed by atoms with E-state index in [0.29, 0.717) is 10.7 Å². The topological polar surface area (TPSA) is 73.6 Å². The van der Waals surface area contributed by atoms with E-state index < -0.39 is 5.37 Å². The lowest BCUT2D eigenvalue weighted by atomic mass is 10.1. The van der Waals surface area contributed by atoms with Gasteiger partial charge in [-0.15, -0.1) is 0 Å². The number of benzene rings is 1. The predicted molar refractivity (Wildman–Crippen MR) is 91.9 cm³/mol. The fourth-order valence-electron chi connectivity index (χ4n) is 2.27. The molecule has 7 heteroatoms. The summed E-state index contributed by atoms with van der Waals surface area (Å²) in [6.45, 7) is 5.80. The molecule has 0 amide bonds. The number of rotatable bonds is 5. The molecular weight excluding hydrogens is 322 g/mol. The Hall–Kier alpha value is -2.54. The summed E-state index contributed by atoms with van der Waals surface area (Å²) in [5, 5.41) is 4.08. The first kappa shape index (κ1) is 16.3. The van der Waals surface area contributed by atoms with E-state index in [2.05, 4.69) is 20.1 Å². The van der Waals surface area contributed by atoms with Crippen molar-refractivity contribution >= 4 is 17.5 Å². The van der Waals surface area contributed by atoms with Crippen LogP contribution in [0.3, 0.4) is 0 Å². The quantitative estimate of drug-likeness (QED) is 0.404. The number of carbonyl (C=O) groups is 1. The molecule has 3 rings (SSSR count). The molecule has 24 heavy (non-hydrogen) atoms. The third kappa shape index (κ3) is 3.68. The molecule has 2 heterocycles. The number of nitrogens with zero attached hydrogens (tertiary/aromatic N) is 5. The van der Waals surface area contributed by atoms with Gasteiger partial charge in [-0.2, -0.15) is 5.10 Å². The largest absolute Gasteiger partial charge is 0.291 e. The van der Waals surface area contributed by atoms with Crippen molar-refractivity contribution in [2.75, 3.05) is 0 Å². The number of Topliss-reactive ketones (excluding diaryl/α,β-unsaturated/α-hetero) is 1. The van der Waals surface area contributed by atoms with Crippen molar-refractivity contribution < 1.29 is 4.79 Å². The average molecular weight is 339 g/mol. The highest BCUT2D eigenvalue weighted by Crippen LogP contribution is 2.31. The van der Waals surface area contributed by atoms with Crippen molar-refractivity contribution in [2.24, 2.45) is 0 Å². The van der Waals surface area contributed by atoms with E-state index in [-0.39, 0.29) is 5.78 Å². The number of ketones is 1. The summed E-state index contributed by atoms with van der Waals surface area (Å²) in [6, 6.07) is 9.39. The smallest absolute Gasteiger partial charge is 0.198 e. The molecule has 0 saturated heterocycles. The molecule has 0 radical (unpaired) electrons. The van der Waals surface area contributed by atoms with Crippen molar-refractivity contribution in [3.8, 4) is 0 Å². The van der Waals surface area contributed by atoms with Crippen LogP contribution in [0.5, 0.6) is 0 Å². The van der Waals surface area contributed by atoms with E-state index in [1.807, 2.05) is 51.1 Å². The van der Waals surface area contributed by atoms with E-state index >= 15 is 0 Å². The van der Waals surface area contributed by atoms with Crippen molar-refractivity contribution in [1.82, 2.24) is 24.7 Å². The average Bonchev–Trinajstić information content (AvgIpc) is 3.06. The Morgan fingerprint density at radius 1 is 1.08 bits per heavy atom. The molecule has 3 aromatic rings. The summed E-state index contributed by atoms with van der Waals surface area (Å²) < 4.78 is 1.54. The molecule has 0 aliphatic heterocycles. The van der Waals surface area contributed by atoms with Gasteiger partial charge in [0, 0.05) is 17.0 Å². The van der Waals surface area contributed by atoms with E-state index in [4.69, 9.17) is 0 Å². The normalized spacial score (nSPS) is 12.1. The zero-order valence-corrected chi connectivity index (χ0v) is 14.5. The Labute approximate surface area is 144 Å².